The van der Waals surface area contributed by atoms with Crippen LogP contribution in [0.4, 0.5) is 0 Å². The summed E-state index contributed by atoms with van der Waals surface area (Å²) in [7, 11) is 0. The minimum Gasteiger partial charge on any atom is -0.477 e. The van der Waals surface area contributed by atoms with E-state index in [1.807, 2.05) is 32.9 Å². The van der Waals surface area contributed by atoms with Crippen molar-refractivity contribution >= 4 is 5.71 Å². The van der Waals surface area contributed by atoms with Gasteiger partial charge in [-0.3, -0.25) is 0 Å². The molecule has 0 saturated heterocycles. The first kappa shape index (κ1) is 10.9. The minimum atomic E-state index is 0.0878. The summed E-state index contributed by atoms with van der Waals surface area (Å²) in [6.45, 7) is 6.54. The normalized spacial score (nSPS) is 23.8. The second-order valence-corrected chi connectivity index (χ2v) is 4.13. The van der Waals surface area contributed by atoms with Crippen LogP contribution in [0.1, 0.15) is 19.4 Å². The molecule has 4 heteroatoms. The number of aryl methyl sites for hydroxylation is 1. The lowest BCUT2D eigenvalue weighted by Crippen LogP contribution is -2.26. The number of rotatable bonds is 3. The van der Waals surface area contributed by atoms with Gasteiger partial charge in [0.25, 0.3) is 0 Å². The maximum Gasteiger partial charge on any atom is 0.213 e. The van der Waals surface area contributed by atoms with Crippen LogP contribution >= 0.6 is 0 Å². The van der Waals surface area contributed by atoms with Crippen LogP contribution in [-0.4, -0.2) is 23.4 Å². The fourth-order valence-electron chi connectivity index (χ4n) is 1.67. The fourth-order valence-corrected chi connectivity index (χ4v) is 1.67. The molecular formula is C12H16N2O2. The van der Waals surface area contributed by atoms with Gasteiger partial charge in [0.05, 0.1) is 11.6 Å². The highest BCUT2D eigenvalue weighted by Crippen LogP contribution is 2.19. The molecule has 0 spiro atoms. The molecule has 0 bridgehead atoms. The number of ether oxygens (including phenoxy) is 1. The van der Waals surface area contributed by atoms with E-state index in [4.69, 9.17) is 9.57 Å². The number of nitrogens with zero attached hydrogens (tertiary/aromatic N) is 2. The van der Waals surface area contributed by atoms with Crippen molar-refractivity contribution in [3.05, 3.63) is 23.9 Å². The first-order valence-corrected chi connectivity index (χ1v) is 5.42. The molecule has 86 valence electrons. The topological polar surface area (TPSA) is 43.7 Å². The van der Waals surface area contributed by atoms with Crippen LogP contribution in [0.25, 0.3) is 0 Å². The summed E-state index contributed by atoms with van der Waals surface area (Å²) in [5.41, 5.74) is 2.13. The molecule has 0 radical (unpaired) electrons. The van der Waals surface area contributed by atoms with E-state index in [2.05, 4.69) is 10.1 Å². The summed E-state index contributed by atoms with van der Waals surface area (Å²) in [5.74, 6) is 0.884. The molecule has 2 atom stereocenters. The molecule has 0 aromatic carbocycles. The first-order valence-electron chi connectivity index (χ1n) is 5.42. The van der Waals surface area contributed by atoms with Crippen molar-refractivity contribution in [2.24, 2.45) is 11.1 Å². The van der Waals surface area contributed by atoms with E-state index in [1.165, 1.54) is 0 Å². The van der Waals surface area contributed by atoms with Crippen molar-refractivity contribution in [1.29, 1.82) is 0 Å². The maximum absolute atomic E-state index is 5.64. The summed E-state index contributed by atoms with van der Waals surface area (Å²) >= 11 is 0. The highest BCUT2D eigenvalue weighted by Gasteiger charge is 2.28. The second kappa shape index (κ2) is 4.51. The molecule has 2 rings (SSSR count). The van der Waals surface area contributed by atoms with E-state index in [1.54, 1.807) is 6.20 Å². The smallest absolute Gasteiger partial charge is 0.213 e. The predicted octanol–water partition coefficient (Wildman–Crippen LogP) is 2.18. The quantitative estimate of drug-likeness (QED) is 0.784. The average molecular weight is 220 g/mol. The Morgan fingerprint density at radius 2 is 2.25 bits per heavy atom. The molecule has 0 aliphatic carbocycles. The summed E-state index contributed by atoms with van der Waals surface area (Å²) in [6, 6.07) is 3.87. The monoisotopic (exact) mass is 220 g/mol. The average Bonchev–Trinajstić information content (AvgIpc) is 2.56. The summed E-state index contributed by atoms with van der Waals surface area (Å²) < 4.78 is 5.64. The van der Waals surface area contributed by atoms with Crippen LogP contribution in [-0.2, 0) is 4.84 Å². The Labute approximate surface area is 95.3 Å². The van der Waals surface area contributed by atoms with Gasteiger partial charge >= 0.3 is 0 Å². The van der Waals surface area contributed by atoms with Gasteiger partial charge in [-0.2, -0.15) is 0 Å². The van der Waals surface area contributed by atoms with Crippen molar-refractivity contribution in [2.75, 3.05) is 6.61 Å². The number of oxime groups is 1. The molecule has 0 saturated carbocycles. The van der Waals surface area contributed by atoms with Gasteiger partial charge < -0.3 is 9.57 Å². The number of pyridine rings is 1. The summed E-state index contributed by atoms with van der Waals surface area (Å²) in [4.78, 5) is 9.33. The Morgan fingerprint density at radius 3 is 2.88 bits per heavy atom. The molecule has 1 aliphatic rings. The molecule has 0 fully saturated rings. The third-order valence-electron chi connectivity index (χ3n) is 2.77. The Balaban J connectivity index is 1.95. The van der Waals surface area contributed by atoms with Crippen molar-refractivity contribution in [3.8, 4) is 5.88 Å². The lowest BCUT2D eigenvalue weighted by atomic mass is 10.0. The molecule has 1 aromatic rings. The molecule has 0 amide bonds. The fraction of sp³-hybridized carbons (Fsp3) is 0.500. The van der Waals surface area contributed by atoms with Crippen molar-refractivity contribution in [2.45, 2.75) is 26.9 Å². The van der Waals surface area contributed by atoms with Gasteiger partial charge in [-0.1, -0.05) is 5.16 Å². The summed E-state index contributed by atoms with van der Waals surface area (Å²) in [6.07, 6.45) is 1.84. The van der Waals surface area contributed by atoms with Crippen LogP contribution in [0.5, 0.6) is 5.88 Å². The van der Waals surface area contributed by atoms with E-state index in [0.717, 1.165) is 11.3 Å². The molecule has 0 N–H and O–H groups in total. The van der Waals surface area contributed by atoms with Crippen molar-refractivity contribution in [1.82, 2.24) is 4.98 Å². The van der Waals surface area contributed by atoms with Crippen LogP contribution in [0, 0.1) is 12.8 Å². The van der Waals surface area contributed by atoms with Gasteiger partial charge in [-0.05, 0) is 32.4 Å². The lowest BCUT2D eigenvalue weighted by Gasteiger charge is -2.14. The zero-order valence-corrected chi connectivity index (χ0v) is 9.80. The van der Waals surface area contributed by atoms with E-state index < -0.39 is 0 Å². The molecule has 2 unspecified atom stereocenters. The highest BCUT2D eigenvalue weighted by atomic mass is 16.6. The molecule has 1 aliphatic heterocycles. The Hall–Kier alpha value is -1.58. The highest BCUT2D eigenvalue weighted by molar-refractivity contribution is 5.85. The van der Waals surface area contributed by atoms with Crippen molar-refractivity contribution < 1.29 is 9.57 Å². The predicted molar refractivity (Wildman–Crippen MR) is 61.6 cm³/mol. The Morgan fingerprint density at radius 1 is 1.44 bits per heavy atom. The van der Waals surface area contributed by atoms with Crippen LogP contribution in [0.2, 0.25) is 0 Å². The third kappa shape index (κ3) is 2.32. The van der Waals surface area contributed by atoms with Crippen LogP contribution in [0.15, 0.2) is 23.5 Å². The third-order valence-corrected chi connectivity index (χ3v) is 2.77. The van der Waals surface area contributed by atoms with Gasteiger partial charge in [0, 0.05) is 12.3 Å². The van der Waals surface area contributed by atoms with Gasteiger partial charge in [-0.15, -0.1) is 0 Å². The van der Waals surface area contributed by atoms with Crippen molar-refractivity contribution in [3.63, 3.8) is 0 Å². The van der Waals surface area contributed by atoms with Crippen LogP contribution in [0.3, 0.4) is 0 Å². The van der Waals surface area contributed by atoms with E-state index in [9.17, 15) is 0 Å². The van der Waals surface area contributed by atoms with E-state index in [0.29, 0.717) is 12.5 Å². The number of aromatic nitrogens is 1. The van der Waals surface area contributed by atoms with Gasteiger partial charge in [0.15, 0.2) is 0 Å². The van der Waals surface area contributed by atoms with E-state index >= 15 is 0 Å². The zero-order valence-electron chi connectivity index (χ0n) is 9.80. The molecular weight excluding hydrogens is 204 g/mol. The van der Waals surface area contributed by atoms with Gasteiger partial charge in [-0.25, -0.2) is 4.98 Å². The van der Waals surface area contributed by atoms with Gasteiger partial charge in [0.2, 0.25) is 5.88 Å². The zero-order chi connectivity index (χ0) is 11.5. The Kier molecular flexibility index (Phi) is 3.08. The SMILES string of the molecule is CC1=NOC(C)C1COc1cc(C)ccn1. The van der Waals surface area contributed by atoms with E-state index in [-0.39, 0.29) is 12.0 Å². The number of hydrogen-bond acceptors (Lipinski definition) is 4. The van der Waals surface area contributed by atoms with Gasteiger partial charge in [0.1, 0.15) is 12.7 Å². The molecule has 4 nitrogen and oxygen atoms in total. The second-order valence-electron chi connectivity index (χ2n) is 4.13. The first-order chi connectivity index (χ1) is 7.66. The standard InChI is InChI=1S/C12H16N2O2/c1-8-4-5-13-12(6-8)15-7-11-9(2)14-16-10(11)3/h4-6,10-11H,7H2,1-3H3. The van der Waals surface area contributed by atoms with Crippen LogP contribution < -0.4 is 4.74 Å². The molecule has 2 heterocycles. The number of hydrogen-bond donors (Lipinski definition) is 0. The maximum atomic E-state index is 5.64. The minimum absolute atomic E-state index is 0.0878. The largest absolute Gasteiger partial charge is 0.477 e. The molecule has 16 heavy (non-hydrogen) atoms. The Bertz CT molecular complexity index is 404. The lowest BCUT2D eigenvalue weighted by molar-refractivity contribution is 0.0623. The summed E-state index contributed by atoms with van der Waals surface area (Å²) in [5, 5.41) is 3.94. The molecule has 1 aromatic heterocycles.